The van der Waals surface area contributed by atoms with Crippen molar-refractivity contribution in [2.24, 2.45) is 0 Å². The minimum atomic E-state index is -0.458. The Hall–Kier alpha value is -1.29. The van der Waals surface area contributed by atoms with E-state index in [1.54, 1.807) is 11.9 Å². The standard InChI is InChI=1S/C15H20BrNO2/c1-15(2,3)19-14(18)17(4)11-5-6-12-7-9-13(16)10-8-12/h5-10H,11H2,1-4H3/b6-5+. The minimum Gasteiger partial charge on any atom is -0.444 e. The van der Waals surface area contributed by atoms with E-state index in [2.05, 4.69) is 15.9 Å². The number of amides is 1. The molecule has 0 saturated carbocycles. The van der Waals surface area contributed by atoms with E-state index in [9.17, 15) is 4.79 Å². The molecule has 1 amide bonds. The van der Waals surface area contributed by atoms with Crippen molar-refractivity contribution in [1.29, 1.82) is 0 Å². The Bertz CT molecular complexity index is 446. The van der Waals surface area contributed by atoms with Crippen LogP contribution in [0.25, 0.3) is 6.08 Å². The van der Waals surface area contributed by atoms with E-state index in [0.29, 0.717) is 6.54 Å². The van der Waals surface area contributed by atoms with Crippen LogP contribution in [0.15, 0.2) is 34.8 Å². The third-order valence-electron chi connectivity index (χ3n) is 2.26. The number of halogens is 1. The summed E-state index contributed by atoms with van der Waals surface area (Å²) in [6, 6.07) is 7.98. The monoisotopic (exact) mass is 325 g/mol. The summed E-state index contributed by atoms with van der Waals surface area (Å²) in [5, 5.41) is 0. The van der Waals surface area contributed by atoms with Crippen molar-refractivity contribution in [3.63, 3.8) is 0 Å². The van der Waals surface area contributed by atoms with Crippen LogP contribution in [0.1, 0.15) is 26.3 Å². The molecule has 19 heavy (non-hydrogen) atoms. The highest BCUT2D eigenvalue weighted by Gasteiger charge is 2.18. The second-order valence-corrected chi connectivity index (χ2v) is 6.23. The summed E-state index contributed by atoms with van der Waals surface area (Å²) in [4.78, 5) is 13.3. The predicted octanol–water partition coefficient (Wildman–Crippen LogP) is 4.33. The Balaban J connectivity index is 2.47. The first-order valence-electron chi connectivity index (χ1n) is 6.14. The van der Waals surface area contributed by atoms with Crippen LogP contribution in [0.3, 0.4) is 0 Å². The molecule has 0 aromatic heterocycles. The molecule has 0 unspecified atom stereocenters. The first-order valence-corrected chi connectivity index (χ1v) is 6.93. The normalized spacial score (nSPS) is 11.6. The molecule has 0 radical (unpaired) electrons. The number of carbonyl (C=O) groups is 1. The van der Waals surface area contributed by atoms with E-state index in [0.717, 1.165) is 10.0 Å². The number of ether oxygens (including phenoxy) is 1. The third-order valence-corrected chi connectivity index (χ3v) is 2.79. The van der Waals surface area contributed by atoms with Gasteiger partial charge in [0.25, 0.3) is 0 Å². The van der Waals surface area contributed by atoms with E-state index in [1.807, 2.05) is 57.2 Å². The van der Waals surface area contributed by atoms with Crippen LogP contribution in [0.2, 0.25) is 0 Å². The Labute approximate surface area is 123 Å². The number of carbonyl (C=O) groups excluding carboxylic acids is 1. The summed E-state index contributed by atoms with van der Waals surface area (Å²) in [7, 11) is 1.72. The Morgan fingerprint density at radius 3 is 2.42 bits per heavy atom. The molecule has 4 heteroatoms. The highest BCUT2D eigenvalue weighted by molar-refractivity contribution is 9.10. The van der Waals surface area contributed by atoms with Crippen molar-refractivity contribution in [2.45, 2.75) is 26.4 Å². The molecule has 0 aliphatic rings. The van der Waals surface area contributed by atoms with Crippen molar-refractivity contribution < 1.29 is 9.53 Å². The molecule has 1 aromatic rings. The minimum absolute atomic E-state index is 0.312. The van der Waals surface area contributed by atoms with Crippen LogP contribution in [-0.4, -0.2) is 30.2 Å². The quantitative estimate of drug-likeness (QED) is 0.827. The van der Waals surface area contributed by atoms with Gasteiger partial charge in [-0.05, 0) is 38.5 Å². The van der Waals surface area contributed by atoms with Crippen molar-refractivity contribution in [3.05, 3.63) is 40.4 Å². The zero-order chi connectivity index (χ0) is 14.5. The lowest BCUT2D eigenvalue weighted by Gasteiger charge is -2.23. The van der Waals surface area contributed by atoms with Crippen LogP contribution < -0.4 is 0 Å². The molecular weight excluding hydrogens is 306 g/mol. The maximum Gasteiger partial charge on any atom is 0.410 e. The van der Waals surface area contributed by atoms with Crippen molar-refractivity contribution in [3.8, 4) is 0 Å². The lowest BCUT2D eigenvalue weighted by Crippen LogP contribution is -2.34. The fourth-order valence-electron chi connectivity index (χ4n) is 1.34. The van der Waals surface area contributed by atoms with Gasteiger partial charge < -0.3 is 9.64 Å². The topological polar surface area (TPSA) is 29.5 Å². The number of rotatable bonds is 3. The van der Waals surface area contributed by atoms with E-state index in [-0.39, 0.29) is 6.09 Å². The summed E-state index contributed by atoms with van der Waals surface area (Å²) in [6.07, 6.45) is 3.61. The van der Waals surface area contributed by atoms with Crippen molar-refractivity contribution in [2.75, 3.05) is 13.6 Å². The predicted molar refractivity (Wildman–Crippen MR) is 82.0 cm³/mol. The fourth-order valence-corrected chi connectivity index (χ4v) is 1.60. The number of likely N-dealkylation sites (N-methyl/N-ethyl adjacent to an activating group) is 1. The molecule has 0 N–H and O–H groups in total. The second kappa shape index (κ2) is 6.75. The molecule has 1 aromatic carbocycles. The van der Waals surface area contributed by atoms with Crippen LogP contribution >= 0.6 is 15.9 Å². The highest BCUT2D eigenvalue weighted by Crippen LogP contribution is 2.12. The maximum absolute atomic E-state index is 11.7. The van der Waals surface area contributed by atoms with Gasteiger partial charge in [-0.2, -0.15) is 0 Å². The van der Waals surface area contributed by atoms with Gasteiger partial charge in [0, 0.05) is 18.1 Å². The van der Waals surface area contributed by atoms with Gasteiger partial charge in [-0.15, -0.1) is 0 Å². The van der Waals surface area contributed by atoms with Crippen LogP contribution in [-0.2, 0) is 4.74 Å². The molecule has 0 atom stereocenters. The summed E-state index contributed by atoms with van der Waals surface area (Å²) in [5.41, 5.74) is 0.640. The number of hydrogen-bond acceptors (Lipinski definition) is 2. The molecule has 0 aliphatic heterocycles. The van der Waals surface area contributed by atoms with Crippen LogP contribution in [0, 0.1) is 0 Å². The smallest absolute Gasteiger partial charge is 0.410 e. The molecule has 1 rings (SSSR count). The highest BCUT2D eigenvalue weighted by atomic mass is 79.9. The van der Waals surface area contributed by atoms with Gasteiger partial charge in [0.15, 0.2) is 0 Å². The van der Waals surface area contributed by atoms with Gasteiger partial charge in [-0.25, -0.2) is 4.79 Å². The van der Waals surface area contributed by atoms with Gasteiger partial charge in [-0.3, -0.25) is 0 Å². The zero-order valence-corrected chi connectivity index (χ0v) is 13.4. The van der Waals surface area contributed by atoms with Gasteiger partial charge in [0.05, 0.1) is 0 Å². The average molecular weight is 326 g/mol. The molecule has 0 spiro atoms. The van der Waals surface area contributed by atoms with Gasteiger partial charge in [0.1, 0.15) is 5.60 Å². The van der Waals surface area contributed by atoms with Crippen LogP contribution in [0.5, 0.6) is 0 Å². The molecule has 0 aliphatic carbocycles. The van der Waals surface area contributed by atoms with Gasteiger partial charge in [-0.1, -0.05) is 40.2 Å². The lowest BCUT2D eigenvalue weighted by molar-refractivity contribution is 0.0318. The number of nitrogens with zero attached hydrogens (tertiary/aromatic N) is 1. The first-order chi connectivity index (χ1) is 8.78. The molecular formula is C15H20BrNO2. The molecule has 0 bridgehead atoms. The fraction of sp³-hybridized carbons (Fsp3) is 0.400. The summed E-state index contributed by atoms with van der Waals surface area (Å²) < 4.78 is 6.32. The zero-order valence-electron chi connectivity index (χ0n) is 11.8. The van der Waals surface area contributed by atoms with Crippen molar-refractivity contribution in [1.82, 2.24) is 4.90 Å². The average Bonchev–Trinajstić information content (AvgIpc) is 2.29. The van der Waals surface area contributed by atoms with E-state index in [4.69, 9.17) is 4.74 Å². The second-order valence-electron chi connectivity index (χ2n) is 5.31. The number of benzene rings is 1. The summed E-state index contributed by atoms with van der Waals surface area (Å²) in [6.45, 7) is 6.09. The lowest BCUT2D eigenvalue weighted by atomic mass is 10.2. The van der Waals surface area contributed by atoms with E-state index in [1.165, 1.54) is 0 Å². The molecule has 0 fully saturated rings. The first kappa shape index (κ1) is 15.8. The van der Waals surface area contributed by atoms with E-state index >= 15 is 0 Å². The third kappa shape index (κ3) is 6.43. The van der Waals surface area contributed by atoms with Crippen LogP contribution in [0.4, 0.5) is 4.79 Å². The SMILES string of the molecule is CN(C/C=C/c1ccc(Br)cc1)C(=O)OC(C)(C)C. The molecule has 3 nitrogen and oxygen atoms in total. The Morgan fingerprint density at radius 1 is 1.32 bits per heavy atom. The Morgan fingerprint density at radius 2 is 1.89 bits per heavy atom. The molecule has 0 saturated heterocycles. The maximum atomic E-state index is 11.7. The van der Waals surface area contributed by atoms with E-state index < -0.39 is 5.60 Å². The molecule has 0 heterocycles. The largest absolute Gasteiger partial charge is 0.444 e. The molecule has 104 valence electrons. The summed E-state index contributed by atoms with van der Waals surface area (Å²) in [5.74, 6) is 0. The Kier molecular flexibility index (Phi) is 5.60. The van der Waals surface area contributed by atoms with Gasteiger partial charge >= 0.3 is 6.09 Å². The van der Waals surface area contributed by atoms with Gasteiger partial charge in [0.2, 0.25) is 0 Å². The van der Waals surface area contributed by atoms with Crippen molar-refractivity contribution >= 4 is 28.1 Å². The number of hydrogen-bond donors (Lipinski definition) is 0. The summed E-state index contributed by atoms with van der Waals surface area (Å²) >= 11 is 3.39.